The third-order valence-corrected chi connectivity index (χ3v) is 6.76. The fraction of sp³-hybridized carbons (Fsp3) is 0.0938. The van der Waals surface area contributed by atoms with Crippen molar-refractivity contribution in [2.45, 2.75) is 18.8 Å². The molecule has 14 heteroatoms. The molecule has 0 saturated carbocycles. The number of esters is 1. The van der Waals surface area contributed by atoms with E-state index < -0.39 is 35.7 Å². The van der Waals surface area contributed by atoms with Gasteiger partial charge in [-0.05, 0) is 72.3 Å². The topological polar surface area (TPSA) is 125 Å². The number of carbonyl (C=O) groups excluding carboxylic acids is 3. The number of urea groups is 1. The number of anilines is 2. The first-order valence-corrected chi connectivity index (χ1v) is 13.7. The van der Waals surface area contributed by atoms with Crippen molar-refractivity contribution in [3.63, 3.8) is 0 Å². The van der Waals surface area contributed by atoms with Gasteiger partial charge in [0.15, 0.2) is 6.04 Å². The maximum absolute atomic E-state index is 13.2. The van der Waals surface area contributed by atoms with Gasteiger partial charge in [-0.1, -0.05) is 41.9 Å². The summed E-state index contributed by atoms with van der Waals surface area (Å²) in [5.41, 5.74) is 6.81. The fourth-order valence-electron chi connectivity index (χ4n) is 4.29. The van der Waals surface area contributed by atoms with E-state index in [9.17, 15) is 27.6 Å². The van der Waals surface area contributed by atoms with Crippen molar-refractivity contribution in [1.82, 2.24) is 4.57 Å². The van der Waals surface area contributed by atoms with E-state index in [0.717, 1.165) is 22.3 Å². The molecule has 5 rings (SSSR count). The van der Waals surface area contributed by atoms with Crippen LogP contribution < -0.4 is 21.1 Å². The zero-order valence-corrected chi connectivity index (χ0v) is 25.2. The first-order chi connectivity index (χ1) is 21.5. The fourth-order valence-corrected chi connectivity index (χ4v) is 4.46. The lowest BCUT2D eigenvalue weighted by atomic mass is 10.2. The number of nitrogens with zero attached hydrogens (tertiary/aromatic N) is 1. The van der Waals surface area contributed by atoms with E-state index in [1.807, 2.05) is 6.07 Å². The number of fused-ring (bicyclic) bond motifs is 1. The Morgan fingerprint density at radius 3 is 2.13 bits per heavy atom. The van der Waals surface area contributed by atoms with Gasteiger partial charge in [-0.15, -0.1) is 12.4 Å². The van der Waals surface area contributed by atoms with Crippen LogP contribution in [-0.4, -0.2) is 28.5 Å². The number of halogens is 5. The lowest BCUT2D eigenvalue weighted by Crippen LogP contribution is -2.42. The summed E-state index contributed by atoms with van der Waals surface area (Å²) in [5.74, 6) is -1.17. The van der Waals surface area contributed by atoms with Gasteiger partial charge in [0.25, 0.3) is 5.91 Å². The summed E-state index contributed by atoms with van der Waals surface area (Å²) in [6.45, 7) is -0.0577. The van der Waals surface area contributed by atoms with E-state index in [1.54, 1.807) is 42.5 Å². The number of carbonyl (C=O) groups is 3. The number of hydrogen-bond donors (Lipinski definition) is 3. The molecule has 0 bridgehead atoms. The van der Waals surface area contributed by atoms with Gasteiger partial charge in [-0.3, -0.25) is 9.36 Å². The van der Waals surface area contributed by atoms with Gasteiger partial charge < -0.3 is 25.8 Å². The second-order valence-electron chi connectivity index (χ2n) is 9.71. The molecule has 0 saturated heterocycles. The first-order valence-electron chi connectivity index (χ1n) is 13.3. The maximum atomic E-state index is 13.2. The van der Waals surface area contributed by atoms with Crippen LogP contribution in [0.25, 0.3) is 10.9 Å². The maximum Gasteiger partial charge on any atom is 0.416 e. The minimum atomic E-state index is -4.45. The Labute approximate surface area is 271 Å². The van der Waals surface area contributed by atoms with Crippen LogP contribution in [0.1, 0.15) is 15.9 Å². The zero-order chi connectivity index (χ0) is 32.1. The number of nitrogens with two attached hydrogens (primary N) is 1. The Bertz CT molecular complexity index is 1850. The molecular weight excluding hydrogens is 648 g/mol. The molecule has 0 aliphatic heterocycles. The average Bonchev–Trinajstić information content (AvgIpc) is 3.37. The molecular formula is C32H25Cl2F3N4O5. The van der Waals surface area contributed by atoms with Gasteiger partial charge in [-0.25, -0.2) is 9.59 Å². The van der Waals surface area contributed by atoms with E-state index in [4.69, 9.17) is 26.8 Å². The van der Waals surface area contributed by atoms with Gasteiger partial charge in [0.05, 0.1) is 16.8 Å². The minimum Gasteiger partial charge on any atom is -0.459 e. The van der Waals surface area contributed by atoms with E-state index in [1.165, 1.54) is 42.6 Å². The molecule has 0 radical (unpaired) electrons. The summed E-state index contributed by atoms with van der Waals surface area (Å²) >= 11 is 6.18. The zero-order valence-electron chi connectivity index (χ0n) is 23.6. The molecule has 1 atom stereocenters. The Kier molecular flexibility index (Phi) is 10.6. The molecule has 0 aliphatic rings. The number of hydrogen-bond acceptors (Lipinski definition) is 6. The summed E-state index contributed by atoms with van der Waals surface area (Å²) in [6, 6.07) is 21.6. The van der Waals surface area contributed by atoms with Crippen molar-refractivity contribution in [3.8, 4) is 11.5 Å². The Hall–Kier alpha value is -5.04. The highest BCUT2D eigenvalue weighted by molar-refractivity contribution is 6.31. The Morgan fingerprint density at radius 2 is 1.50 bits per heavy atom. The molecule has 0 aliphatic carbocycles. The Balaban J connectivity index is 0.00000480. The quantitative estimate of drug-likeness (QED) is 0.114. The summed E-state index contributed by atoms with van der Waals surface area (Å²) in [5, 5.41) is 6.05. The molecule has 0 fully saturated rings. The largest absolute Gasteiger partial charge is 0.459 e. The van der Waals surface area contributed by atoms with Crippen molar-refractivity contribution in [3.05, 3.63) is 119 Å². The van der Waals surface area contributed by atoms with E-state index >= 15 is 0 Å². The molecule has 9 nitrogen and oxygen atoms in total. The van der Waals surface area contributed by atoms with Crippen molar-refractivity contribution in [2.24, 2.45) is 5.73 Å². The van der Waals surface area contributed by atoms with Crippen molar-refractivity contribution >= 4 is 64.2 Å². The first kappa shape index (κ1) is 33.8. The number of benzene rings is 4. The van der Waals surface area contributed by atoms with E-state index in [2.05, 4.69) is 10.6 Å². The predicted octanol–water partition coefficient (Wildman–Crippen LogP) is 7.88. The Morgan fingerprint density at radius 1 is 0.870 bits per heavy atom. The van der Waals surface area contributed by atoms with Crippen LogP contribution in [0.15, 0.2) is 103 Å². The van der Waals surface area contributed by atoms with Gasteiger partial charge >= 0.3 is 18.2 Å². The molecule has 2 amide bonds. The highest BCUT2D eigenvalue weighted by Crippen LogP contribution is 2.32. The van der Waals surface area contributed by atoms with Gasteiger partial charge in [0.2, 0.25) is 0 Å². The number of rotatable bonds is 8. The van der Waals surface area contributed by atoms with Gasteiger partial charge in [-0.2, -0.15) is 13.2 Å². The molecule has 1 heterocycles. The summed E-state index contributed by atoms with van der Waals surface area (Å²) in [6.07, 6.45) is -3.12. The average molecular weight is 673 g/mol. The number of aromatic nitrogens is 1. The molecule has 1 aromatic heterocycles. The summed E-state index contributed by atoms with van der Waals surface area (Å²) in [7, 11) is 0. The van der Waals surface area contributed by atoms with E-state index in [0.29, 0.717) is 27.4 Å². The third-order valence-electron chi connectivity index (χ3n) is 6.53. The number of alkyl halides is 3. The summed E-state index contributed by atoms with van der Waals surface area (Å²) < 4.78 is 50.3. The second-order valence-corrected chi connectivity index (χ2v) is 10.1. The molecule has 46 heavy (non-hydrogen) atoms. The van der Waals surface area contributed by atoms with Crippen LogP contribution >= 0.6 is 24.0 Å². The van der Waals surface area contributed by atoms with Crippen LogP contribution in [0.4, 0.5) is 29.3 Å². The van der Waals surface area contributed by atoms with Crippen LogP contribution in [0.2, 0.25) is 5.02 Å². The second kappa shape index (κ2) is 14.4. The van der Waals surface area contributed by atoms with Crippen LogP contribution in [-0.2, 0) is 22.3 Å². The standard InChI is InChI=1S/C32H24ClF3N4O5.ClH/c33-21-8-15-27-25(16-21)26(17-40(27)29(41)28(37)30(42)44-18-19-4-2-1-3-5-19)39-31(43)38-22-9-13-24(14-10-22)45-23-11-6-20(7-12-23)32(34,35)36;/h1-17,28H,18,37H2,(H2,38,39,43);1H. The normalized spacial score (nSPS) is 11.7. The third kappa shape index (κ3) is 8.16. The molecule has 0 spiro atoms. The van der Waals surface area contributed by atoms with Crippen LogP contribution in [0.3, 0.4) is 0 Å². The lowest BCUT2D eigenvalue weighted by molar-refractivity contribution is -0.145. The molecule has 238 valence electrons. The number of ether oxygens (including phenoxy) is 2. The van der Waals surface area contributed by atoms with Crippen LogP contribution in [0.5, 0.6) is 11.5 Å². The van der Waals surface area contributed by atoms with Crippen molar-refractivity contribution in [1.29, 1.82) is 0 Å². The summed E-state index contributed by atoms with van der Waals surface area (Å²) in [4.78, 5) is 38.6. The molecule has 5 aromatic rings. The van der Waals surface area contributed by atoms with Crippen molar-refractivity contribution < 1.29 is 37.0 Å². The van der Waals surface area contributed by atoms with Gasteiger partial charge in [0.1, 0.15) is 18.1 Å². The monoisotopic (exact) mass is 672 g/mol. The molecule has 1 unspecified atom stereocenters. The number of nitrogens with one attached hydrogen (secondary N) is 2. The molecule has 4 aromatic carbocycles. The van der Waals surface area contributed by atoms with E-state index in [-0.39, 0.29) is 30.5 Å². The van der Waals surface area contributed by atoms with Gasteiger partial charge in [0, 0.05) is 22.3 Å². The SMILES string of the molecule is Cl.NC(C(=O)OCc1ccccc1)C(=O)n1cc(NC(=O)Nc2ccc(Oc3ccc(C(F)(F)F)cc3)cc2)c2cc(Cl)ccc21. The smallest absolute Gasteiger partial charge is 0.416 e. The predicted molar refractivity (Wildman–Crippen MR) is 170 cm³/mol. The minimum absolute atomic E-state index is 0. The highest BCUT2D eigenvalue weighted by atomic mass is 35.5. The van der Waals surface area contributed by atoms with Crippen LogP contribution in [0, 0.1) is 0 Å². The number of amides is 2. The highest BCUT2D eigenvalue weighted by Gasteiger charge is 2.30. The van der Waals surface area contributed by atoms with Crippen molar-refractivity contribution in [2.75, 3.05) is 10.6 Å². The molecule has 4 N–H and O–H groups in total. The lowest BCUT2D eigenvalue weighted by Gasteiger charge is -2.12.